The second kappa shape index (κ2) is 10.1. The van der Waals surface area contributed by atoms with E-state index in [0.29, 0.717) is 11.5 Å². The third kappa shape index (κ3) is 4.66. The van der Waals surface area contributed by atoms with Gasteiger partial charge in [0.1, 0.15) is 11.5 Å². The van der Waals surface area contributed by atoms with E-state index in [1.54, 1.807) is 18.3 Å². The average molecular weight is 506 g/mol. The van der Waals surface area contributed by atoms with Crippen molar-refractivity contribution in [2.24, 2.45) is 0 Å². The Morgan fingerprint density at radius 1 is 1.13 bits per heavy atom. The molecule has 5 aromatic rings. The number of halogens is 1. The monoisotopic (exact) mass is 505 g/mol. The highest BCUT2D eigenvalue weighted by Crippen LogP contribution is 2.32. The van der Waals surface area contributed by atoms with E-state index in [-0.39, 0.29) is 5.82 Å². The zero-order valence-electron chi connectivity index (χ0n) is 21.2. The van der Waals surface area contributed by atoms with Crippen LogP contribution in [0.1, 0.15) is 35.4 Å². The van der Waals surface area contributed by atoms with Crippen molar-refractivity contribution < 1.29 is 4.39 Å². The van der Waals surface area contributed by atoms with Gasteiger partial charge in [-0.2, -0.15) is 5.10 Å². The SMILES string of the molecule is C=C/C=C(/c1cccc(F)c1)c1nc(-c2n[nH]c3cnc(-c4cncc(CN5CCCC5)c4)cc23)[nH]c1C. The van der Waals surface area contributed by atoms with Gasteiger partial charge in [0.25, 0.3) is 0 Å². The minimum Gasteiger partial charge on any atom is -0.340 e. The molecule has 1 aromatic carbocycles. The van der Waals surface area contributed by atoms with Crippen molar-refractivity contribution in [1.29, 1.82) is 0 Å². The van der Waals surface area contributed by atoms with Crippen LogP contribution in [0.4, 0.5) is 4.39 Å². The van der Waals surface area contributed by atoms with E-state index in [1.165, 1.54) is 30.5 Å². The number of benzene rings is 1. The summed E-state index contributed by atoms with van der Waals surface area (Å²) in [6.45, 7) is 8.96. The number of hydrogen-bond donors (Lipinski definition) is 2. The highest BCUT2D eigenvalue weighted by Gasteiger charge is 2.19. The van der Waals surface area contributed by atoms with Crippen molar-refractivity contribution in [3.8, 4) is 22.8 Å². The number of H-pyrrole nitrogens is 2. The number of fused-ring (bicyclic) bond motifs is 1. The maximum atomic E-state index is 14.0. The van der Waals surface area contributed by atoms with Gasteiger partial charge in [-0.05, 0) is 68.2 Å². The van der Waals surface area contributed by atoms with Crippen LogP contribution in [-0.4, -0.2) is 48.1 Å². The predicted molar refractivity (Wildman–Crippen MR) is 148 cm³/mol. The van der Waals surface area contributed by atoms with Gasteiger partial charge >= 0.3 is 0 Å². The summed E-state index contributed by atoms with van der Waals surface area (Å²) in [6.07, 6.45) is 11.6. The summed E-state index contributed by atoms with van der Waals surface area (Å²) in [4.78, 5) is 19.9. The van der Waals surface area contributed by atoms with Crippen LogP contribution in [0.3, 0.4) is 0 Å². The fraction of sp³-hybridized carbons (Fsp3) is 0.200. The zero-order chi connectivity index (χ0) is 26.1. The number of nitrogens with one attached hydrogen (secondary N) is 2. The molecule has 7 nitrogen and oxygen atoms in total. The molecule has 8 heteroatoms. The smallest absolute Gasteiger partial charge is 0.159 e. The molecule has 0 radical (unpaired) electrons. The Hall–Kier alpha value is -4.43. The van der Waals surface area contributed by atoms with E-state index in [4.69, 9.17) is 4.98 Å². The molecule has 6 rings (SSSR count). The number of rotatable bonds is 7. The van der Waals surface area contributed by atoms with Gasteiger partial charge in [-0.3, -0.25) is 20.0 Å². The minimum absolute atomic E-state index is 0.303. The summed E-state index contributed by atoms with van der Waals surface area (Å²) in [5.41, 5.74) is 7.55. The largest absolute Gasteiger partial charge is 0.340 e. The van der Waals surface area contributed by atoms with Crippen LogP contribution >= 0.6 is 0 Å². The summed E-state index contributed by atoms with van der Waals surface area (Å²) in [5.74, 6) is 0.316. The maximum absolute atomic E-state index is 14.0. The number of imidazole rings is 1. The number of allylic oxidation sites excluding steroid dienone is 2. The Morgan fingerprint density at radius 2 is 2.00 bits per heavy atom. The molecule has 190 valence electrons. The lowest BCUT2D eigenvalue weighted by atomic mass is 10.0. The Balaban J connectivity index is 1.37. The van der Waals surface area contributed by atoms with E-state index < -0.39 is 0 Å². The molecule has 5 heterocycles. The highest BCUT2D eigenvalue weighted by molar-refractivity contribution is 5.93. The summed E-state index contributed by atoms with van der Waals surface area (Å²) in [7, 11) is 0. The summed E-state index contributed by atoms with van der Waals surface area (Å²) >= 11 is 0. The van der Waals surface area contributed by atoms with Gasteiger partial charge < -0.3 is 4.98 Å². The maximum Gasteiger partial charge on any atom is 0.159 e. The van der Waals surface area contributed by atoms with Crippen molar-refractivity contribution in [3.05, 3.63) is 102 Å². The summed E-state index contributed by atoms with van der Waals surface area (Å²) < 4.78 is 14.0. The van der Waals surface area contributed by atoms with E-state index in [2.05, 4.69) is 42.7 Å². The lowest BCUT2D eigenvalue weighted by molar-refractivity contribution is 0.331. The molecule has 0 bridgehead atoms. The van der Waals surface area contributed by atoms with Crippen LogP contribution in [0, 0.1) is 12.7 Å². The quantitative estimate of drug-likeness (QED) is 0.262. The number of aryl methyl sites for hydroxylation is 1. The first kappa shape index (κ1) is 23.9. The van der Waals surface area contributed by atoms with Crippen molar-refractivity contribution in [2.75, 3.05) is 13.1 Å². The molecule has 1 aliphatic heterocycles. The van der Waals surface area contributed by atoms with E-state index in [1.807, 2.05) is 37.5 Å². The Labute approximate surface area is 220 Å². The third-order valence-corrected chi connectivity index (χ3v) is 6.93. The van der Waals surface area contributed by atoms with Gasteiger partial charge in [-0.25, -0.2) is 9.37 Å². The molecule has 1 saturated heterocycles. The highest BCUT2D eigenvalue weighted by atomic mass is 19.1. The van der Waals surface area contributed by atoms with Crippen LogP contribution in [0.2, 0.25) is 0 Å². The third-order valence-electron chi connectivity index (χ3n) is 6.93. The summed E-state index contributed by atoms with van der Waals surface area (Å²) in [5, 5.41) is 8.53. The fourth-order valence-electron chi connectivity index (χ4n) is 5.09. The number of aromatic nitrogens is 6. The van der Waals surface area contributed by atoms with Crippen LogP contribution in [0.25, 0.3) is 39.3 Å². The van der Waals surface area contributed by atoms with Crippen LogP contribution in [0.5, 0.6) is 0 Å². The normalized spacial score (nSPS) is 14.4. The lowest BCUT2D eigenvalue weighted by Gasteiger charge is -2.14. The van der Waals surface area contributed by atoms with Crippen molar-refractivity contribution in [3.63, 3.8) is 0 Å². The van der Waals surface area contributed by atoms with Crippen molar-refractivity contribution in [2.45, 2.75) is 26.3 Å². The molecule has 0 aliphatic carbocycles. The van der Waals surface area contributed by atoms with Crippen molar-refractivity contribution in [1.82, 2.24) is 35.0 Å². The van der Waals surface area contributed by atoms with E-state index in [0.717, 1.165) is 64.3 Å². The zero-order valence-corrected chi connectivity index (χ0v) is 21.2. The molecule has 38 heavy (non-hydrogen) atoms. The molecular formula is C30H28FN7. The number of hydrogen-bond acceptors (Lipinski definition) is 5. The lowest BCUT2D eigenvalue weighted by Crippen LogP contribution is -2.18. The molecule has 0 unspecified atom stereocenters. The first-order chi connectivity index (χ1) is 18.6. The van der Waals surface area contributed by atoms with Gasteiger partial charge in [0.15, 0.2) is 5.82 Å². The Morgan fingerprint density at radius 3 is 2.82 bits per heavy atom. The van der Waals surface area contributed by atoms with Gasteiger partial charge in [-0.15, -0.1) is 0 Å². The molecule has 0 saturated carbocycles. The Kier molecular flexibility index (Phi) is 6.39. The second-order valence-corrected chi connectivity index (χ2v) is 9.64. The van der Waals surface area contributed by atoms with Crippen LogP contribution in [-0.2, 0) is 6.54 Å². The van der Waals surface area contributed by atoms with E-state index >= 15 is 0 Å². The molecular weight excluding hydrogens is 477 g/mol. The topological polar surface area (TPSA) is 86.4 Å². The number of aromatic amines is 2. The van der Waals surface area contributed by atoms with Gasteiger partial charge in [0, 0.05) is 41.2 Å². The molecule has 0 amide bonds. The predicted octanol–water partition coefficient (Wildman–Crippen LogP) is 6.07. The number of pyridine rings is 2. The molecule has 4 aromatic heterocycles. The number of nitrogens with zero attached hydrogens (tertiary/aromatic N) is 5. The molecule has 0 atom stereocenters. The van der Waals surface area contributed by atoms with E-state index in [9.17, 15) is 4.39 Å². The summed E-state index contributed by atoms with van der Waals surface area (Å²) in [6, 6.07) is 10.7. The minimum atomic E-state index is -0.303. The molecule has 1 fully saturated rings. The molecule has 0 spiro atoms. The fourth-order valence-corrected chi connectivity index (χ4v) is 5.09. The number of likely N-dealkylation sites (tertiary alicyclic amines) is 1. The van der Waals surface area contributed by atoms with Crippen LogP contribution < -0.4 is 0 Å². The second-order valence-electron chi connectivity index (χ2n) is 9.64. The van der Waals surface area contributed by atoms with Crippen molar-refractivity contribution >= 4 is 16.5 Å². The molecule has 2 N–H and O–H groups in total. The van der Waals surface area contributed by atoms with Gasteiger partial charge in [-0.1, -0.05) is 30.9 Å². The first-order valence-electron chi connectivity index (χ1n) is 12.8. The van der Waals surface area contributed by atoms with Crippen LogP contribution in [0.15, 0.2) is 73.7 Å². The Bertz CT molecular complexity index is 1660. The first-order valence-corrected chi connectivity index (χ1v) is 12.8. The standard InChI is InChI=1S/C30H28FN7/c1-3-7-24(21-8-6-9-23(31)13-21)28-19(2)34-30(35-28)29-25-14-26(33-17-27(25)36-37-29)22-12-20(15-32-16-22)18-38-10-4-5-11-38/h3,6-9,12-17H,1,4-5,10-11,18H2,2H3,(H,34,35)(H,36,37)/b24-7-. The van der Waals surface area contributed by atoms with Gasteiger partial charge in [0.05, 0.1) is 23.1 Å². The molecule has 1 aliphatic rings. The van der Waals surface area contributed by atoms with Gasteiger partial charge in [0.2, 0.25) is 0 Å². The average Bonchev–Trinajstić information content (AvgIpc) is 3.67.